The Morgan fingerprint density at radius 1 is 0.871 bits per heavy atom. The molecule has 4 aromatic carbocycles. The Bertz CT molecular complexity index is 1830. The van der Waals surface area contributed by atoms with Crippen molar-refractivity contribution in [2.24, 2.45) is 0 Å². The highest BCUT2D eigenvalue weighted by molar-refractivity contribution is 7.89. The first kappa shape index (κ1) is 18.2. The molecule has 2 aromatic heterocycles. The monoisotopic (exact) mass is 427 g/mol. The van der Waals surface area contributed by atoms with Gasteiger partial charge < -0.3 is 0 Å². The first-order chi connectivity index (χ1) is 15.0. The topological polar surface area (TPSA) is 80.5 Å². The molecule has 0 aliphatic rings. The van der Waals surface area contributed by atoms with Crippen LogP contribution < -0.4 is 10.3 Å². The van der Waals surface area contributed by atoms with E-state index in [9.17, 15) is 13.2 Å². The molecule has 0 amide bonds. The number of rotatable bonds is 3. The molecule has 0 saturated carbocycles. The van der Waals surface area contributed by atoms with Gasteiger partial charge in [0, 0.05) is 33.5 Å². The van der Waals surface area contributed by atoms with Crippen LogP contribution in [-0.2, 0) is 10.0 Å². The van der Waals surface area contributed by atoms with E-state index < -0.39 is 10.0 Å². The Kier molecular flexibility index (Phi) is 3.66. The molecule has 0 saturated heterocycles. The summed E-state index contributed by atoms with van der Waals surface area (Å²) in [5.74, 6) is 0. The first-order valence-electron chi connectivity index (χ1n) is 10.0. The number of hydrogen-bond donors (Lipinski definition) is 1. The van der Waals surface area contributed by atoms with Gasteiger partial charge in [-0.2, -0.15) is 0 Å². The van der Waals surface area contributed by atoms with Gasteiger partial charge in [0.05, 0.1) is 15.9 Å². The molecule has 7 heteroatoms. The maximum Gasteiger partial charge on any atom is 0.264 e. The van der Waals surface area contributed by atoms with E-state index in [0.717, 1.165) is 27.2 Å². The summed E-state index contributed by atoms with van der Waals surface area (Å²) >= 11 is 0. The Balaban J connectivity index is 1.90. The summed E-state index contributed by atoms with van der Waals surface area (Å²) in [5, 5.41) is 4.30. The molecule has 0 aliphatic heterocycles. The zero-order valence-corrected chi connectivity index (χ0v) is 17.4. The molecular formula is C24H17N3O3S. The Labute approximate surface area is 177 Å². The molecule has 0 spiro atoms. The second kappa shape index (κ2) is 6.23. The van der Waals surface area contributed by atoms with Crippen LogP contribution in [0.25, 0.3) is 49.0 Å². The molecule has 2 heterocycles. The molecule has 0 fully saturated rings. The van der Waals surface area contributed by atoms with E-state index in [0.29, 0.717) is 21.8 Å². The Morgan fingerprint density at radius 3 is 2.42 bits per heavy atom. The Hall–Kier alpha value is -3.55. The van der Waals surface area contributed by atoms with E-state index in [1.54, 1.807) is 23.5 Å². The van der Waals surface area contributed by atoms with Gasteiger partial charge >= 0.3 is 0 Å². The molecular weight excluding hydrogens is 410 g/mol. The molecule has 6 rings (SSSR count). The van der Waals surface area contributed by atoms with Crippen LogP contribution in [0.2, 0.25) is 0 Å². The van der Waals surface area contributed by atoms with Gasteiger partial charge in [-0.05, 0) is 29.7 Å². The molecule has 1 N–H and O–H groups in total. The number of sulfonamides is 1. The van der Waals surface area contributed by atoms with Crippen molar-refractivity contribution in [1.82, 2.24) is 14.1 Å². The van der Waals surface area contributed by atoms with Crippen LogP contribution in [0.3, 0.4) is 0 Å². The lowest BCUT2D eigenvalue weighted by atomic mass is 10.0. The predicted molar refractivity (Wildman–Crippen MR) is 124 cm³/mol. The van der Waals surface area contributed by atoms with Gasteiger partial charge in [0.25, 0.3) is 5.56 Å². The number of fused-ring (bicyclic) bond motifs is 3. The quantitative estimate of drug-likeness (QED) is 0.341. The average molecular weight is 427 g/mol. The molecule has 0 radical (unpaired) electrons. The van der Waals surface area contributed by atoms with Crippen LogP contribution in [0, 0.1) is 0 Å². The first-order valence-corrected chi connectivity index (χ1v) is 11.5. The van der Waals surface area contributed by atoms with Crippen molar-refractivity contribution in [3.8, 4) is 0 Å². The van der Waals surface area contributed by atoms with Crippen LogP contribution in [0.15, 0.2) is 76.4 Å². The Morgan fingerprint density at radius 2 is 1.61 bits per heavy atom. The summed E-state index contributed by atoms with van der Waals surface area (Å²) in [6.45, 7) is 2.02. The largest absolute Gasteiger partial charge is 0.268 e. The van der Waals surface area contributed by atoms with Crippen molar-refractivity contribution in [3.05, 3.63) is 77.1 Å². The van der Waals surface area contributed by atoms with Crippen molar-refractivity contribution in [3.63, 3.8) is 0 Å². The lowest BCUT2D eigenvalue weighted by molar-refractivity contribution is 0.585. The van der Waals surface area contributed by atoms with Crippen LogP contribution in [0.4, 0.5) is 0 Å². The summed E-state index contributed by atoms with van der Waals surface area (Å²) in [5.41, 5.74) is 1.89. The number of pyridine rings is 1. The van der Waals surface area contributed by atoms with Gasteiger partial charge in [-0.15, -0.1) is 0 Å². The third-order valence-electron chi connectivity index (χ3n) is 5.84. The van der Waals surface area contributed by atoms with Crippen molar-refractivity contribution in [2.75, 3.05) is 6.54 Å². The second-order valence-electron chi connectivity index (χ2n) is 7.57. The van der Waals surface area contributed by atoms with Crippen molar-refractivity contribution in [1.29, 1.82) is 0 Å². The average Bonchev–Trinajstić information content (AvgIpc) is 2.77. The predicted octanol–water partition coefficient (Wildman–Crippen LogP) is 4.04. The summed E-state index contributed by atoms with van der Waals surface area (Å²) < 4.78 is 29.8. The van der Waals surface area contributed by atoms with Crippen LogP contribution in [0.1, 0.15) is 6.92 Å². The van der Waals surface area contributed by atoms with Crippen LogP contribution in [0.5, 0.6) is 0 Å². The van der Waals surface area contributed by atoms with Crippen molar-refractivity contribution in [2.45, 2.75) is 11.8 Å². The maximum atomic E-state index is 13.7. The minimum Gasteiger partial charge on any atom is -0.268 e. The van der Waals surface area contributed by atoms with E-state index in [1.165, 1.54) is 6.07 Å². The fourth-order valence-corrected chi connectivity index (χ4v) is 5.86. The minimum atomic E-state index is -3.70. The second-order valence-corrected chi connectivity index (χ2v) is 9.30. The molecule has 0 aliphatic carbocycles. The fourth-order valence-electron chi connectivity index (χ4n) is 4.61. The highest BCUT2D eigenvalue weighted by Gasteiger charge is 2.21. The number of hydrogen-bond acceptors (Lipinski definition) is 4. The van der Waals surface area contributed by atoms with Gasteiger partial charge in [-0.1, -0.05) is 49.4 Å². The number of benzene rings is 4. The number of nitrogens with one attached hydrogen (secondary N) is 1. The molecule has 0 unspecified atom stereocenters. The van der Waals surface area contributed by atoms with Crippen LogP contribution >= 0.6 is 0 Å². The maximum absolute atomic E-state index is 13.7. The third kappa shape index (κ3) is 2.38. The summed E-state index contributed by atoms with van der Waals surface area (Å²) in [6, 6.07) is 20.3. The van der Waals surface area contributed by atoms with E-state index in [-0.39, 0.29) is 17.0 Å². The van der Waals surface area contributed by atoms with Gasteiger partial charge in [-0.3, -0.25) is 9.20 Å². The highest BCUT2D eigenvalue weighted by atomic mass is 32.2. The summed E-state index contributed by atoms with van der Waals surface area (Å²) in [7, 11) is -3.70. The fraction of sp³-hybridized carbons (Fsp3) is 0.0833. The molecule has 0 atom stereocenters. The highest BCUT2D eigenvalue weighted by Crippen LogP contribution is 2.34. The van der Waals surface area contributed by atoms with E-state index in [2.05, 4.69) is 4.72 Å². The number of nitrogens with zero attached hydrogens (tertiary/aromatic N) is 2. The molecule has 31 heavy (non-hydrogen) atoms. The van der Waals surface area contributed by atoms with Crippen molar-refractivity contribution < 1.29 is 8.42 Å². The van der Waals surface area contributed by atoms with Crippen molar-refractivity contribution >= 4 is 59.0 Å². The molecule has 6 nitrogen and oxygen atoms in total. The summed E-state index contributed by atoms with van der Waals surface area (Å²) in [6.07, 6.45) is 0. The zero-order valence-electron chi connectivity index (χ0n) is 16.6. The standard InChI is InChI=1S/C24H17N3O3S/c1-2-25-31(29,30)20-13-12-17-22-15(20)8-5-9-16(22)23-26-18-10-3-6-14-7-4-11-19(21(14)18)27(23)24(17)28/h3-13,25H,2H2,1H3. The number of aromatic nitrogens is 2. The molecule has 152 valence electrons. The normalized spacial score (nSPS) is 12.7. The van der Waals surface area contributed by atoms with Crippen LogP contribution in [-0.4, -0.2) is 24.3 Å². The van der Waals surface area contributed by atoms with E-state index >= 15 is 0 Å². The lowest BCUT2D eigenvalue weighted by Crippen LogP contribution is -2.24. The summed E-state index contributed by atoms with van der Waals surface area (Å²) in [4.78, 5) is 18.7. The zero-order chi connectivity index (χ0) is 21.3. The van der Waals surface area contributed by atoms with Gasteiger partial charge in [0.15, 0.2) is 0 Å². The van der Waals surface area contributed by atoms with Gasteiger partial charge in [0.1, 0.15) is 5.65 Å². The molecule has 6 aromatic rings. The van der Waals surface area contributed by atoms with Gasteiger partial charge in [-0.25, -0.2) is 18.1 Å². The van der Waals surface area contributed by atoms with Gasteiger partial charge in [0.2, 0.25) is 10.0 Å². The minimum absolute atomic E-state index is 0.162. The smallest absolute Gasteiger partial charge is 0.264 e. The van der Waals surface area contributed by atoms with E-state index in [4.69, 9.17) is 4.98 Å². The third-order valence-corrected chi connectivity index (χ3v) is 7.44. The lowest BCUT2D eigenvalue weighted by Gasteiger charge is -2.15. The SMILES string of the molecule is CCNS(=O)(=O)c1ccc2c(=O)n3c4cccc5cccc(nc3c3cccc1c23)c54. The molecule has 0 bridgehead atoms. The van der Waals surface area contributed by atoms with E-state index in [1.807, 2.05) is 48.5 Å².